The second kappa shape index (κ2) is 8.59. The van der Waals surface area contributed by atoms with E-state index in [1.165, 1.54) is 35.5 Å². The lowest BCUT2D eigenvalue weighted by Crippen LogP contribution is -2.33. The SMILES string of the molecule is O=C(Cc1cnccn1)C(CC1CCCCC1)n1cnc2ccc(F)cc2c1=O. The Hall–Kier alpha value is -2.96. The van der Waals surface area contributed by atoms with Crippen molar-refractivity contribution in [2.45, 2.75) is 51.0 Å². The summed E-state index contributed by atoms with van der Waals surface area (Å²) in [6.45, 7) is 0. The van der Waals surface area contributed by atoms with Crippen LogP contribution in [0.1, 0.15) is 50.3 Å². The Morgan fingerprint density at radius 2 is 2.00 bits per heavy atom. The van der Waals surface area contributed by atoms with Crippen molar-refractivity contribution in [2.75, 3.05) is 0 Å². The normalized spacial score (nSPS) is 16.0. The van der Waals surface area contributed by atoms with Gasteiger partial charge in [0.1, 0.15) is 5.82 Å². The molecular formula is C22H23FN4O2. The minimum absolute atomic E-state index is 0.0961. The van der Waals surface area contributed by atoms with E-state index in [1.807, 2.05) is 0 Å². The highest BCUT2D eigenvalue weighted by Gasteiger charge is 2.27. The van der Waals surface area contributed by atoms with Gasteiger partial charge in [-0.3, -0.25) is 24.1 Å². The summed E-state index contributed by atoms with van der Waals surface area (Å²) in [5.74, 6) is -0.214. The van der Waals surface area contributed by atoms with Crippen LogP contribution < -0.4 is 5.56 Å². The molecule has 2 aromatic heterocycles. The number of ketones is 1. The lowest BCUT2D eigenvalue weighted by molar-refractivity contribution is -0.122. The fraction of sp³-hybridized carbons (Fsp3) is 0.409. The summed E-state index contributed by atoms with van der Waals surface area (Å²) in [7, 11) is 0. The first-order valence-corrected chi connectivity index (χ1v) is 10.1. The molecule has 1 aliphatic rings. The van der Waals surface area contributed by atoms with Gasteiger partial charge in [-0.15, -0.1) is 0 Å². The van der Waals surface area contributed by atoms with E-state index in [1.54, 1.807) is 18.6 Å². The summed E-state index contributed by atoms with van der Waals surface area (Å²) in [6, 6.07) is 3.30. The molecule has 1 unspecified atom stereocenters. The maximum Gasteiger partial charge on any atom is 0.261 e. The van der Waals surface area contributed by atoms with Crippen LogP contribution in [0.25, 0.3) is 10.9 Å². The van der Waals surface area contributed by atoms with Crippen LogP contribution in [0.3, 0.4) is 0 Å². The summed E-state index contributed by atoms with van der Waals surface area (Å²) in [4.78, 5) is 38.8. The first-order valence-electron chi connectivity index (χ1n) is 10.1. The van der Waals surface area contributed by atoms with E-state index in [9.17, 15) is 14.0 Å². The van der Waals surface area contributed by atoms with Crippen molar-refractivity contribution in [3.63, 3.8) is 0 Å². The zero-order valence-corrected chi connectivity index (χ0v) is 16.1. The summed E-state index contributed by atoms with van der Waals surface area (Å²) >= 11 is 0. The number of Topliss-reactive ketones (excluding diaryl/α,β-unsaturated/α-hetero) is 1. The Morgan fingerprint density at radius 1 is 1.17 bits per heavy atom. The third kappa shape index (κ3) is 4.39. The zero-order chi connectivity index (χ0) is 20.2. The second-order valence-corrected chi connectivity index (χ2v) is 7.71. The highest BCUT2D eigenvalue weighted by molar-refractivity contribution is 5.85. The van der Waals surface area contributed by atoms with E-state index in [0.29, 0.717) is 23.5 Å². The predicted octanol–water partition coefficient (Wildman–Crippen LogP) is 3.65. The number of fused-ring (bicyclic) bond motifs is 1. The van der Waals surface area contributed by atoms with Crippen LogP contribution in [0, 0.1) is 11.7 Å². The van der Waals surface area contributed by atoms with Gasteiger partial charge in [0.25, 0.3) is 5.56 Å². The summed E-state index contributed by atoms with van der Waals surface area (Å²) < 4.78 is 15.1. The third-order valence-electron chi connectivity index (χ3n) is 5.71. The van der Waals surface area contributed by atoms with E-state index in [0.717, 1.165) is 25.7 Å². The Balaban J connectivity index is 1.71. The largest absolute Gasteiger partial charge is 0.297 e. The van der Waals surface area contributed by atoms with E-state index in [-0.39, 0.29) is 23.1 Å². The molecule has 150 valence electrons. The number of halogens is 1. The molecule has 0 amide bonds. The molecule has 2 heterocycles. The fourth-order valence-electron chi connectivity index (χ4n) is 4.19. The van der Waals surface area contributed by atoms with Gasteiger partial charge in [0.15, 0.2) is 5.78 Å². The number of aromatic nitrogens is 4. The number of benzene rings is 1. The van der Waals surface area contributed by atoms with E-state index in [4.69, 9.17) is 0 Å². The number of carbonyl (C=O) groups excluding carboxylic acids is 1. The quantitative estimate of drug-likeness (QED) is 0.638. The molecule has 1 fully saturated rings. The highest BCUT2D eigenvalue weighted by atomic mass is 19.1. The number of hydrogen-bond donors (Lipinski definition) is 0. The fourth-order valence-corrected chi connectivity index (χ4v) is 4.19. The zero-order valence-electron chi connectivity index (χ0n) is 16.1. The molecule has 0 radical (unpaired) electrons. The molecule has 1 atom stereocenters. The predicted molar refractivity (Wildman–Crippen MR) is 107 cm³/mol. The van der Waals surface area contributed by atoms with Crippen molar-refractivity contribution in [1.82, 2.24) is 19.5 Å². The van der Waals surface area contributed by atoms with Gasteiger partial charge in [-0.1, -0.05) is 32.1 Å². The van der Waals surface area contributed by atoms with Gasteiger partial charge in [0.2, 0.25) is 0 Å². The van der Waals surface area contributed by atoms with Crippen molar-refractivity contribution >= 4 is 16.7 Å². The van der Waals surface area contributed by atoms with Crippen molar-refractivity contribution in [2.24, 2.45) is 5.92 Å². The van der Waals surface area contributed by atoms with Crippen LogP contribution in [0.2, 0.25) is 0 Å². The standard InChI is InChI=1S/C22H23FN4O2/c23-16-6-7-19-18(11-16)22(29)27(14-26-19)20(10-15-4-2-1-3-5-15)21(28)12-17-13-24-8-9-25-17/h6-9,11,13-15,20H,1-5,10,12H2. The van der Waals surface area contributed by atoms with Gasteiger partial charge in [0.05, 0.1) is 35.4 Å². The minimum atomic E-state index is -0.646. The molecule has 6 nitrogen and oxygen atoms in total. The summed E-state index contributed by atoms with van der Waals surface area (Å²) in [5, 5.41) is 0.188. The molecular weight excluding hydrogens is 371 g/mol. The molecule has 3 aromatic rings. The highest BCUT2D eigenvalue weighted by Crippen LogP contribution is 2.31. The molecule has 0 spiro atoms. The van der Waals surface area contributed by atoms with Crippen molar-refractivity contribution in [3.8, 4) is 0 Å². The molecule has 1 saturated carbocycles. The van der Waals surface area contributed by atoms with Gasteiger partial charge in [-0.05, 0) is 30.5 Å². The number of rotatable bonds is 6. The lowest BCUT2D eigenvalue weighted by Gasteiger charge is -2.27. The maximum absolute atomic E-state index is 13.7. The van der Waals surface area contributed by atoms with E-state index < -0.39 is 11.9 Å². The van der Waals surface area contributed by atoms with Gasteiger partial charge >= 0.3 is 0 Å². The second-order valence-electron chi connectivity index (χ2n) is 7.71. The Bertz CT molecular complexity index is 1060. The van der Waals surface area contributed by atoms with Crippen LogP contribution in [0.4, 0.5) is 4.39 Å². The lowest BCUT2D eigenvalue weighted by atomic mass is 9.83. The molecule has 1 aliphatic carbocycles. The van der Waals surface area contributed by atoms with Crippen molar-refractivity contribution < 1.29 is 9.18 Å². The Morgan fingerprint density at radius 3 is 2.76 bits per heavy atom. The molecule has 0 N–H and O–H groups in total. The summed E-state index contributed by atoms with van der Waals surface area (Å²) in [6.07, 6.45) is 12.4. The average molecular weight is 394 g/mol. The van der Waals surface area contributed by atoms with Crippen LogP contribution in [-0.4, -0.2) is 25.3 Å². The minimum Gasteiger partial charge on any atom is -0.297 e. The molecule has 0 saturated heterocycles. The molecule has 0 bridgehead atoms. The number of hydrogen-bond acceptors (Lipinski definition) is 5. The molecule has 4 rings (SSSR count). The Kier molecular flexibility index (Phi) is 5.74. The molecule has 1 aromatic carbocycles. The maximum atomic E-state index is 13.7. The number of nitrogens with zero attached hydrogens (tertiary/aromatic N) is 4. The summed E-state index contributed by atoms with van der Waals surface area (Å²) in [5.41, 5.74) is 0.604. The van der Waals surface area contributed by atoms with Crippen LogP contribution in [0.5, 0.6) is 0 Å². The topological polar surface area (TPSA) is 77.7 Å². The van der Waals surface area contributed by atoms with Gasteiger partial charge in [-0.25, -0.2) is 9.37 Å². The van der Waals surface area contributed by atoms with E-state index >= 15 is 0 Å². The number of carbonyl (C=O) groups is 1. The van der Waals surface area contributed by atoms with Crippen LogP contribution >= 0.6 is 0 Å². The van der Waals surface area contributed by atoms with Gasteiger partial charge < -0.3 is 0 Å². The van der Waals surface area contributed by atoms with Gasteiger partial charge in [0, 0.05) is 18.6 Å². The van der Waals surface area contributed by atoms with Crippen molar-refractivity contribution in [1.29, 1.82) is 0 Å². The van der Waals surface area contributed by atoms with Crippen LogP contribution in [0.15, 0.2) is 47.9 Å². The van der Waals surface area contributed by atoms with Gasteiger partial charge in [-0.2, -0.15) is 0 Å². The molecule has 7 heteroatoms. The van der Waals surface area contributed by atoms with Crippen molar-refractivity contribution in [3.05, 3.63) is 65.0 Å². The smallest absolute Gasteiger partial charge is 0.261 e. The average Bonchev–Trinajstić information content (AvgIpc) is 2.74. The Labute approximate surface area is 167 Å². The first kappa shape index (κ1) is 19.4. The molecule has 29 heavy (non-hydrogen) atoms. The van der Waals surface area contributed by atoms with Crippen LogP contribution in [-0.2, 0) is 11.2 Å². The monoisotopic (exact) mass is 394 g/mol. The molecule has 0 aliphatic heterocycles. The third-order valence-corrected chi connectivity index (χ3v) is 5.71. The first-order chi connectivity index (χ1) is 14.1. The van der Waals surface area contributed by atoms with E-state index in [2.05, 4.69) is 15.0 Å².